The molecule has 2 heterocycles. The molecule has 6 aromatic rings. The molecule has 186 valence electrons. The van der Waals surface area contributed by atoms with E-state index in [9.17, 15) is 0 Å². The van der Waals surface area contributed by atoms with Gasteiger partial charge in [0.2, 0.25) is 0 Å². The number of fused-ring (bicyclic) bond motifs is 3. The third-order valence-corrected chi connectivity index (χ3v) is 9.37. The number of hydrogen-bond acceptors (Lipinski definition) is 2. The Labute approximate surface area is 228 Å². The Morgan fingerprint density at radius 1 is 0.632 bits per heavy atom. The zero-order valence-corrected chi connectivity index (χ0v) is 22.4. The van der Waals surface area contributed by atoms with Crippen molar-refractivity contribution >= 4 is 31.5 Å². The lowest BCUT2D eigenvalue weighted by Crippen LogP contribution is -2.09. The fourth-order valence-corrected chi connectivity index (χ4v) is 7.51. The van der Waals surface area contributed by atoms with Gasteiger partial charge in [-0.15, -0.1) is 11.3 Å². The molecular formula is C36H31NS. The minimum atomic E-state index is 0.830. The van der Waals surface area contributed by atoms with Crippen LogP contribution in [0, 0.1) is 5.92 Å². The fourth-order valence-electron chi connectivity index (χ4n) is 6.24. The zero-order chi connectivity index (χ0) is 25.3. The fraction of sp³-hybridized carbons (Fsp3) is 0.194. The van der Waals surface area contributed by atoms with Crippen LogP contribution in [0.3, 0.4) is 0 Å². The van der Waals surface area contributed by atoms with E-state index in [0.29, 0.717) is 0 Å². The largest absolute Gasteiger partial charge is 0.256 e. The summed E-state index contributed by atoms with van der Waals surface area (Å²) in [4.78, 5) is 4.84. The number of pyridine rings is 1. The molecule has 1 aliphatic carbocycles. The van der Waals surface area contributed by atoms with Crippen LogP contribution >= 0.6 is 11.3 Å². The number of benzene rings is 4. The van der Waals surface area contributed by atoms with Crippen molar-refractivity contribution in [2.45, 2.75) is 38.5 Å². The molecular weight excluding hydrogens is 478 g/mol. The summed E-state index contributed by atoms with van der Waals surface area (Å²) in [5.41, 5.74) is 8.84. The molecule has 0 unspecified atom stereocenters. The molecule has 1 aliphatic rings. The quantitative estimate of drug-likeness (QED) is 0.225. The molecule has 0 amide bonds. The van der Waals surface area contributed by atoms with E-state index in [4.69, 9.17) is 4.98 Å². The van der Waals surface area contributed by atoms with Gasteiger partial charge >= 0.3 is 0 Å². The van der Waals surface area contributed by atoms with Crippen molar-refractivity contribution in [3.63, 3.8) is 0 Å². The van der Waals surface area contributed by atoms with E-state index in [1.165, 1.54) is 92.1 Å². The Kier molecular flexibility index (Phi) is 6.27. The first-order valence-electron chi connectivity index (χ1n) is 13.9. The first-order valence-corrected chi connectivity index (χ1v) is 14.7. The molecule has 4 aromatic carbocycles. The Morgan fingerprint density at radius 2 is 1.39 bits per heavy atom. The molecule has 2 aromatic heterocycles. The molecule has 0 aliphatic heterocycles. The van der Waals surface area contributed by atoms with Gasteiger partial charge in [-0.2, -0.15) is 0 Å². The van der Waals surface area contributed by atoms with Crippen LogP contribution < -0.4 is 0 Å². The van der Waals surface area contributed by atoms with Crippen molar-refractivity contribution in [1.82, 2.24) is 4.98 Å². The number of thiophene rings is 1. The Morgan fingerprint density at radius 3 is 2.24 bits per heavy atom. The van der Waals surface area contributed by atoms with Crippen LogP contribution in [0.1, 0.15) is 37.7 Å². The molecule has 0 spiro atoms. The maximum Gasteiger partial charge on any atom is 0.0719 e. The monoisotopic (exact) mass is 509 g/mol. The number of aromatic nitrogens is 1. The van der Waals surface area contributed by atoms with Crippen LogP contribution in [0.15, 0.2) is 109 Å². The molecule has 1 fully saturated rings. The van der Waals surface area contributed by atoms with Gasteiger partial charge in [-0.25, -0.2) is 0 Å². The Hall–Kier alpha value is -3.75. The van der Waals surface area contributed by atoms with Crippen molar-refractivity contribution in [1.29, 1.82) is 0 Å². The van der Waals surface area contributed by atoms with Crippen molar-refractivity contribution in [2.75, 3.05) is 0 Å². The number of hydrogen-bond donors (Lipinski definition) is 0. The molecule has 38 heavy (non-hydrogen) atoms. The van der Waals surface area contributed by atoms with Gasteiger partial charge in [0.1, 0.15) is 0 Å². The third-order valence-electron chi connectivity index (χ3n) is 8.17. The van der Waals surface area contributed by atoms with Crippen molar-refractivity contribution in [2.24, 2.45) is 5.92 Å². The van der Waals surface area contributed by atoms with Gasteiger partial charge in [-0.3, -0.25) is 4.98 Å². The Balaban J connectivity index is 1.29. The number of nitrogens with zero attached hydrogens (tertiary/aromatic N) is 1. The molecule has 1 nitrogen and oxygen atoms in total. The highest BCUT2D eigenvalue weighted by molar-refractivity contribution is 7.26. The van der Waals surface area contributed by atoms with Crippen molar-refractivity contribution in [3.05, 3.63) is 115 Å². The van der Waals surface area contributed by atoms with E-state index in [2.05, 4.69) is 103 Å². The number of rotatable bonds is 5. The summed E-state index contributed by atoms with van der Waals surface area (Å²) < 4.78 is 2.66. The smallest absolute Gasteiger partial charge is 0.0719 e. The summed E-state index contributed by atoms with van der Waals surface area (Å²) in [5.74, 6) is 0.830. The molecule has 0 saturated heterocycles. The summed E-state index contributed by atoms with van der Waals surface area (Å²) in [5, 5.41) is 2.65. The molecule has 7 rings (SSSR count). The van der Waals surface area contributed by atoms with Crippen LogP contribution in [0.4, 0.5) is 0 Å². The maximum atomic E-state index is 4.84. The average molecular weight is 510 g/mol. The molecule has 0 bridgehead atoms. The maximum absolute atomic E-state index is 4.84. The summed E-state index contributed by atoms with van der Waals surface area (Å²) in [7, 11) is 0. The second kappa shape index (κ2) is 10.2. The predicted octanol–water partition coefficient (Wildman–Crippen LogP) is 10.6. The lowest BCUT2D eigenvalue weighted by molar-refractivity contribution is 0.356. The van der Waals surface area contributed by atoms with Gasteiger partial charge in [-0.05, 0) is 58.4 Å². The van der Waals surface area contributed by atoms with Crippen LogP contribution in [-0.2, 0) is 6.42 Å². The summed E-state index contributed by atoms with van der Waals surface area (Å²) >= 11 is 1.90. The average Bonchev–Trinajstić information content (AvgIpc) is 3.36. The van der Waals surface area contributed by atoms with E-state index in [0.717, 1.165) is 11.6 Å². The van der Waals surface area contributed by atoms with Crippen molar-refractivity contribution in [3.8, 4) is 33.5 Å². The van der Waals surface area contributed by atoms with E-state index in [-0.39, 0.29) is 0 Å². The van der Waals surface area contributed by atoms with Gasteiger partial charge in [0, 0.05) is 31.9 Å². The summed E-state index contributed by atoms with van der Waals surface area (Å²) in [6.45, 7) is 0. The van der Waals surface area contributed by atoms with Gasteiger partial charge in [0.25, 0.3) is 0 Å². The van der Waals surface area contributed by atoms with E-state index in [1.54, 1.807) is 0 Å². The highest BCUT2D eigenvalue weighted by atomic mass is 32.1. The molecule has 0 atom stereocenters. The molecule has 2 heteroatoms. The van der Waals surface area contributed by atoms with Gasteiger partial charge in [-0.1, -0.05) is 117 Å². The zero-order valence-electron chi connectivity index (χ0n) is 21.6. The van der Waals surface area contributed by atoms with Gasteiger partial charge in [0.15, 0.2) is 0 Å². The second-order valence-corrected chi connectivity index (χ2v) is 11.7. The molecule has 0 radical (unpaired) electrons. The standard InChI is InChI=1S/C36H31NS/c1-3-10-25(11-4-1)22-26-20-21-37-34(23-26)33-17-9-16-32-31-19-18-28(24-35(31)38-36(32)33)30-15-8-7-14-29(30)27-12-5-2-6-13-27/h2,5-9,12-21,23-25H,1,3-4,10-11,22H2. The first kappa shape index (κ1) is 23.4. The van der Waals surface area contributed by atoms with Gasteiger partial charge in [0.05, 0.1) is 5.69 Å². The van der Waals surface area contributed by atoms with E-state index >= 15 is 0 Å². The Bertz CT molecular complexity index is 1720. The first-order chi connectivity index (χ1) is 18.8. The topological polar surface area (TPSA) is 12.9 Å². The van der Waals surface area contributed by atoms with E-state index < -0.39 is 0 Å². The molecule has 1 saturated carbocycles. The van der Waals surface area contributed by atoms with Gasteiger partial charge < -0.3 is 0 Å². The van der Waals surface area contributed by atoms with Crippen LogP contribution in [0.5, 0.6) is 0 Å². The lowest BCUT2D eigenvalue weighted by Gasteiger charge is -2.21. The van der Waals surface area contributed by atoms with E-state index in [1.807, 2.05) is 17.5 Å². The van der Waals surface area contributed by atoms with Crippen LogP contribution in [0.25, 0.3) is 53.7 Å². The van der Waals surface area contributed by atoms with Crippen LogP contribution in [0.2, 0.25) is 0 Å². The lowest BCUT2D eigenvalue weighted by atomic mass is 9.85. The normalized spacial score (nSPS) is 14.3. The summed E-state index contributed by atoms with van der Waals surface area (Å²) in [6.07, 6.45) is 10.1. The molecule has 0 N–H and O–H groups in total. The summed E-state index contributed by atoms with van der Waals surface area (Å²) in [6, 6.07) is 37.7. The minimum absolute atomic E-state index is 0.830. The minimum Gasteiger partial charge on any atom is -0.256 e. The predicted molar refractivity (Wildman–Crippen MR) is 164 cm³/mol. The second-order valence-electron chi connectivity index (χ2n) is 10.7. The highest BCUT2D eigenvalue weighted by Gasteiger charge is 2.16. The van der Waals surface area contributed by atoms with Crippen molar-refractivity contribution < 1.29 is 0 Å². The van der Waals surface area contributed by atoms with Crippen LogP contribution in [-0.4, -0.2) is 4.98 Å². The highest BCUT2D eigenvalue weighted by Crippen LogP contribution is 2.42. The third kappa shape index (κ3) is 4.44. The SMILES string of the molecule is c1ccc(-c2ccccc2-c2ccc3c(c2)sc2c(-c4cc(CC5CCCCC5)ccn4)cccc23)cc1.